The minimum atomic E-state index is -2.97. The number of aromatic nitrogens is 4. The van der Waals surface area contributed by atoms with Gasteiger partial charge in [0.05, 0.1) is 11.0 Å². The Kier molecular flexibility index (Phi) is 3.22. The molecule has 0 saturated heterocycles. The summed E-state index contributed by atoms with van der Waals surface area (Å²) >= 11 is 0. The Labute approximate surface area is 135 Å². The summed E-state index contributed by atoms with van der Waals surface area (Å²) in [5, 5.41) is 3.97. The van der Waals surface area contributed by atoms with Crippen molar-refractivity contribution in [3.8, 4) is 5.88 Å². The van der Waals surface area contributed by atoms with E-state index in [4.69, 9.17) is 0 Å². The second-order valence-electron chi connectivity index (χ2n) is 5.38. The number of rotatable bonds is 3. The molecule has 0 aliphatic carbocycles. The summed E-state index contributed by atoms with van der Waals surface area (Å²) < 4.78 is 32.1. The highest BCUT2D eigenvalue weighted by Crippen LogP contribution is 2.28. The molecule has 2 aromatic heterocycles. The van der Waals surface area contributed by atoms with E-state index in [1.165, 1.54) is 18.0 Å². The number of ether oxygens (including phenoxy) is 1. The monoisotopic (exact) mass is 333 g/mol. The predicted octanol–water partition coefficient (Wildman–Crippen LogP) is 2.03. The van der Waals surface area contributed by atoms with Gasteiger partial charge in [-0.2, -0.15) is 13.9 Å². The maximum absolute atomic E-state index is 12.7. The van der Waals surface area contributed by atoms with E-state index in [1.54, 1.807) is 0 Å². The van der Waals surface area contributed by atoms with E-state index in [0.29, 0.717) is 19.0 Å². The first kappa shape index (κ1) is 14.6. The van der Waals surface area contributed by atoms with Crippen LogP contribution in [0.1, 0.15) is 10.5 Å². The lowest BCUT2D eigenvalue weighted by Crippen LogP contribution is -2.29. The van der Waals surface area contributed by atoms with E-state index >= 15 is 0 Å². The predicted molar refractivity (Wildman–Crippen MR) is 81.2 cm³/mol. The molecule has 0 bridgehead atoms. The molecule has 3 heterocycles. The summed E-state index contributed by atoms with van der Waals surface area (Å²) in [6.45, 7) is -1.90. The fraction of sp³-hybridized carbons (Fsp3) is 0.267. The summed E-state index contributed by atoms with van der Waals surface area (Å²) in [6, 6.07) is 8.81. The van der Waals surface area contributed by atoms with Crippen LogP contribution in [0.3, 0.4) is 0 Å². The molecule has 0 spiro atoms. The number of imidazole rings is 1. The van der Waals surface area contributed by atoms with Gasteiger partial charge in [-0.15, -0.1) is 0 Å². The van der Waals surface area contributed by atoms with Crippen molar-refractivity contribution in [2.75, 3.05) is 11.4 Å². The van der Waals surface area contributed by atoms with Crippen LogP contribution in [0.4, 0.5) is 14.7 Å². The van der Waals surface area contributed by atoms with Crippen molar-refractivity contribution in [2.24, 2.45) is 7.05 Å². The van der Waals surface area contributed by atoms with Gasteiger partial charge in [-0.1, -0.05) is 12.1 Å². The van der Waals surface area contributed by atoms with Gasteiger partial charge in [-0.3, -0.25) is 9.69 Å². The van der Waals surface area contributed by atoms with Gasteiger partial charge in [-0.05, 0) is 12.1 Å². The Morgan fingerprint density at radius 2 is 2.08 bits per heavy atom. The van der Waals surface area contributed by atoms with Gasteiger partial charge < -0.3 is 9.30 Å². The molecule has 24 heavy (non-hydrogen) atoms. The number of halogens is 2. The van der Waals surface area contributed by atoms with E-state index in [2.05, 4.69) is 14.8 Å². The molecule has 4 rings (SSSR count). The van der Waals surface area contributed by atoms with Crippen molar-refractivity contribution in [1.29, 1.82) is 0 Å². The smallest absolute Gasteiger partial charge is 0.388 e. The van der Waals surface area contributed by atoms with Crippen LogP contribution in [0.5, 0.6) is 5.88 Å². The summed E-state index contributed by atoms with van der Waals surface area (Å²) in [5.41, 5.74) is 1.78. The number of anilines is 1. The van der Waals surface area contributed by atoms with Crippen molar-refractivity contribution in [3.05, 3.63) is 36.0 Å². The average Bonchev–Trinajstić information content (AvgIpc) is 3.20. The van der Waals surface area contributed by atoms with Crippen molar-refractivity contribution < 1.29 is 18.3 Å². The van der Waals surface area contributed by atoms with Gasteiger partial charge in [-0.25, -0.2) is 9.67 Å². The molecule has 124 valence electrons. The number of alkyl halides is 2. The largest absolute Gasteiger partial charge is 0.417 e. The molecule has 1 amide bonds. The molecular formula is C15H13F2N5O2. The Balaban J connectivity index is 1.68. The third kappa shape index (κ3) is 2.20. The highest BCUT2D eigenvalue weighted by Gasteiger charge is 2.31. The number of nitrogens with zero attached hydrogens (tertiary/aromatic N) is 5. The summed E-state index contributed by atoms with van der Waals surface area (Å²) in [4.78, 5) is 18.7. The lowest BCUT2D eigenvalue weighted by atomic mass is 10.3. The van der Waals surface area contributed by atoms with Crippen molar-refractivity contribution in [2.45, 2.75) is 13.2 Å². The summed E-state index contributed by atoms with van der Waals surface area (Å²) in [6.07, 6.45) is 0. The lowest BCUT2D eigenvalue weighted by molar-refractivity contribution is -0.0553. The first-order valence-corrected chi connectivity index (χ1v) is 7.30. The summed E-state index contributed by atoms with van der Waals surface area (Å²) in [5.74, 6) is -0.0343. The van der Waals surface area contributed by atoms with Gasteiger partial charge in [0.1, 0.15) is 0 Å². The number of benzene rings is 1. The maximum Gasteiger partial charge on any atom is 0.388 e. The van der Waals surface area contributed by atoms with Gasteiger partial charge >= 0.3 is 6.61 Å². The van der Waals surface area contributed by atoms with E-state index in [0.717, 1.165) is 15.7 Å². The standard InChI is InChI=1S/C15H13F2N5O2/c1-20-12(24-14(16)17)8-10(19-20)13(23)22-7-6-21-11-5-3-2-4-9(11)18-15(21)22/h2-5,8,14H,6-7H2,1H3. The zero-order valence-electron chi connectivity index (χ0n) is 12.7. The van der Waals surface area contributed by atoms with E-state index in [1.807, 2.05) is 28.8 Å². The minimum absolute atomic E-state index is 0.0358. The van der Waals surface area contributed by atoms with Gasteiger partial charge in [0.25, 0.3) is 5.91 Å². The lowest BCUT2D eigenvalue weighted by Gasteiger charge is -2.11. The number of carbonyl (C=O) groups excluding carboxylic acids is 1. The van der Waals surface area contributed by atoms with Crippen molar-refractivity contribution in [1.82, 2.24) is 19.3 Å². The van der Waals surface area contributed by atoms with Crippen LogP contribution in [-0.2, 0) is 13.6 Å². The third-order valence-corrected chi connectivity index (χ3v) is 3.93. The highest BCUT2D eigenvalue weighted by molar-refractivity contribution is 6.05. The van der Waals surface area contributed by atoms with Crippen LogP contribution in [0, 0.1) is 0 Å². The molecule has 0 fully saturated rings. The minimum Gasteiger partial charge on any atom is -0.417 e. The Hall–Kier alpha value is -2.97. The Morgan fingerprint density at radius 1 is 1.29 bits per heavy atom. The summed E-state index contributed by atoms with van der Waals surface area (Å²) in [7, 11) is 1.44. The van der Waals surface area contributed by atoms with Crippen molar-refractivity contribution >= 4 is 22.9 Å². The number of para-hydroxylation sites is 2. The molecule has 1 aliphatic rings. The molecule has 0 atom stereocenters. The molecule has 0 saturated carbocycles. The second-order valence-corrected chi connectivity index (χ2v) is 5.38. The zero-order valence-corrected chi connectivity index (χ0v) is 12.7. The van der Waals surface area contributed by atoms with Crippen LogP contribution >= 0.6 is 0 Å². The van der Waals surface area contributed by atoms with Crippen LogP contribution in [0.25, 0.3) is 11.0 Å². The number of carbonyl (C=O) groups is 1. The van der Waals surface area contributed by atoms with E-state index in [-0.39, 0.29) is 11.6 Å². The van der Waals surface area contributed by atoms with E-state index in [9.17, 15) is 13.6 Å². The highest BCUT2D eigenvalue weighted by atomic mass is 19.3. The third-order valence-electron chi connectivity index (χ3n) is 3.93. The van der Waals surface area contributed by atoms with Crippen molar-refractivity contribution in [3.63, 3.8) is 0 Å². The molecule has 1 aliphatic heterocycles. The first-order chi connectivity index (χ1) is 11.5. The molecule has 0 unspecified atom stereocenters. The van der Waals surface area contributed by atoms with Crippen LogP contribution in [-0.4, -0.2) is 38.4 Å². The van der Waals surface area contributed by atoms with Gasteiger partial charge in [0, 0.05) is 26.2 Å². The number of amides is 1. The molecule has 9 heteroatoms. The SMILES string of the molecule is Cn1nc(C(=O)N2CCn3c2nc2ccccc23)cc1OC(F)F. The topological polar surface area (TPSA) is 65.2 Å². The molecule has 3 aromatic rings. The van der Waals surface area contributed by atoms with Crippen LogP contribution in [0.2, 0.25) is 0 Å². The fourth-order valence-corrected chi connectivity index (χ4v) is 2.88. The molecule has 0 radical (unpaired) electrons. The number of aryl methyl sites for hydroxylation is 1. The second kappa shape index (κ2) is 5.29. The van der Waals surface area contributed by atoms with Crippen LogP contribution in [0.15, 0.2) is 30.3 Å². The zero-order chi connectivity index (χ0) is 16.8. The maximum atomic E-state index is 12.7. The molecular weight excluding hydrogens is 320 g/mol. The first-order valence-electron chi connectivity index (χ1n) is 7.30. The Bertz CT molecular complexity index is 933. The van der Waals surface area contributed by atoms with Gasteiger partial charge in [0.2, 0.25) is 11.8 Å². The molecule has 1 aromatic carbocycles. The number of hydrogen-bond acceptors (Lipinski definition) is 4. The average molecular weight is 333 g/mol. The normalized spacial score (nSPS) is 13.8. The number of fused-ring (bicyclic) bond motifs is 3. The quantitative estimate of drug-likeness (QED) is 0.736. The fourth-order valence-electron chi connectivity index (χ4n) is 2.88. The Morgan fingerprint density at radius 3 is 2.88 bits per heavy atom. The molecule has 7 nitrogen and oxygen atoms in total. The van der Waals surface area contributed by atoms with E-state index < -0.39 is 12.5 Å². The van der Waals surface area contributed by atoms with Gasteiger partial charge in [0.15, 0.2) is 5.69 Å². The number of hydrogen-bond donors (Lipinski definition) is 0. The molecule has 0 N–H and O–H groups in total. The van der Waals surface area contributed by atoms with Crippen LogP contribution < -0.4 is 9.64 Å².